The van der Waals surface area contributed by atoms with E-state index in [0.29, 0.717) is 5.65 Å². The molecule has 0 fully saturated rings. The Balaban J connectivity index is 2.35. The summed E-state index contributed by atoms with van der Waals surface area (Å²) in [5.74, 6) is 0. The van der Waals surface area contributed by atoms with Crippen molar-refractivity contribution in [3.63, 3.8) is 0 Å². The zero-order chi connectivity index (χ0) is 14.1. The SMILES string of the molecule is N#Cc1c(C#N)n2cc(-c3ccccc3)cc2n1C#N. The minimum atomic E-state index is 0.0598. The highest BCUT2D eigenvalue weighted by atomic mass is 15.1. The third-order valence-electron chi connectivity index (χ3n) is 3.14. The number of aromatic nitrogens is 2. The first-order valence-electron chi connectivity index (χ1n) is 5.82. The summed E-state index contributed by atoms with van der Waals surface area (Å²) in [7, 11) is 0. The molecule has 5 nitrogen and oxygen atoms in total. The molecule has 0 aliphatic heterocycles. The number of imidazole rings is 1. The van der Waals surface area contributed by atoms with Crippen LogP contribution in [-0.2, 0) is 0 Å². The molecular weight excluding hydrogens is 250 g/mol. The number of hydrogen-bond acceptors (Lipinski definition) is 3. The molecule has 0 atom stereocenters. The van der Waals surface area contributed by atoms with Gasteiger partial charge in [-0.05, 0) is 11.6 Å². The van der Waals surface area contributed by atoms with Gasteiger partial charge in [0.15, 0.2) is 17.6 Å². The van der Waals surface area contributed by atoms with Gasteiger partial charge >= 0.3 is 0 Å². The van der Waals surface area contributed by atoms with Crippen molar-refractivity contribution in [3.05, 3.63) is 54.0 Å². The molecule has 20 heavy (non-hydrogen) atoms. The number of nitriles is 3. The molecule has 2 heterocycles. The number of benzene rings is 1. The number of fused-ring (bicyclic) bond motifs is 1. The number of rotatable bonds is 1. The first-order valence-corrected chi connectivity index (χ1v) is 5.82. The fourth-order valence-electron chi connectivity index (χ4n) is 2.24. The maximum absolute atomic E-state index is 9.19. The van der Waals surface area contributed by atoms with E-state index in [1.165, 1.54) is 4.57 Å². The van der Waals surface area contributed by atoms with Crippen molar-refractivity contribution in [2.45, 2.75) is 0 Å². The van der Waals surface area contributed by atoms with Crippen molar-refractivity contribution in [3.8, 4) is 29.5 Å². The van der Waals surface area contributed by atoms with Crippen molar-refractivity contribution < 1.29 is 0 Å². The predicted molar refractivity (Wildman–Crippen MR) is 71.3 cm³/mol. The lowest BCUT2D eigenvalue weighted by molar-refractivity contribution is 1.10. The van der Waals surface area contributed by atoms with Crippen LogP contribution in [0.4, 0.5) is 0 Å². The van der Waals surface area contributed by atoms with Gasteiger partial charge in [0.05, 0.1) is 0 Å². The summed E-state index contributed by atoms with van der Waals surface area (Å²) in [5, 5.41) is 27.4. The zero-order valence-corrected chi connectivity index (χ0v) is 10.3. The van der Waals surface area contributed by atoms with Crippen LogP contribution in [0.5, 0.6) is 0 Å². The molecule has 0 bridgehead atoms. The minimum Gasteiger partial charge on any atom is -0.290 e. The highest BCUT2D eigenvalue weighted by molar-refractivity contribution is 5.71. The third-order valence-corrected chi connectivity index (χ3v) is 3.14. The van der Waals surface area contributed by atoms with Crippen LogP contribution in [0.2, 0.25) is 0 Å². The Kier molecular flexibility index (Phi) is 2.50. The molecule has 5 heteroatoms. The largest absolute Gasteiger partial charge is 0.290 e. The standard InChI is InChI=1S/C15H7N5/c16-7-13-14(8-17)20(10-18)15-6-12(9-19(13)15)11-4-2-1-3-5-11/h1-6,9H. The van der Waals surface area contributed by atoms with E-state index in [4.69, 9.17) is 5.26 Å². The summed E-state index contributed by atoms with van der Waals surface area (Å²) in [6.45, 7) is 0. The molecule has 3 rings (SSSR count). The molecule has 0 radical (unpaired) electrons. The van der Waals surface area contributed by atoms with Crippen molar-refractivity contribution >= 4 is 5.65 Å². The van der Waals surface area contributed by atoms with Gasteiger partial charge in [-0.3, -0.25) is 4.40 Å². The highest BCUT2D eigenvalue weighted by Gasteiger charge is 2.18. The van der Waals surface area contributed by atoms with Gasteiger partial charge < -0.3 is 0 Å². The van der Waals surface area contributed by atoms with E-state index in [9.17, 15) is 10.5 Å². The van der Waals surface area contributed by atoms with Crippen LogP contribution in [-0.4, -0.2) is 8.97 Å². The first-order chi connectivity index (χ1) is 9.80. The summed E-state index contributed by atoms with van der Waals surface area (Å²) < 4.78 is 2.75. The van der Waals surface area contributed by atoms with E-state index < -0.39 is 0 Å². The highest BCUT2D eigenvalue weighted by Crippen LogP contribution is 2.25. The van der Waals surface area contributed by atoms with Crippen LogP contribution in [0, 0.1) is 34.1 Å². The van der Waals surface area contributed by atoms with Crippen molar-refractivity contribution in [1.29, 1.82) is 15.8 Å². The lowest BCUT2D eigenvalue weighted by Gasteiger charge is -1.95. The topological polar surface area (TPSA) is 80.7 Å². The summed E-state index contributed by atoms with van der Waals surface area (Å²) in [6.07, 6.45) is 3.69. The van der Waals surface area contributed by atoms with Gasteiger partial charge in [-0.25, -0.2) is 4.57 Å². The van der Waals surface area contributed by atoms with Crippen LogP contribution in [0.25, 0.3) is 16.8 Å². The fourth-order valence-corrected chi connectivity index (χ4v) is 2.24. The molecule has 1 aromatic carbocycles. The molecule has 92 valence electrons. The van der Waals surface area contributed by atoms with E-state index in [1.807, 2.05) is 48.7 Å². The lowest BCUT2D eigenvalue weighted by atomic mass is 10.1. The Morgan fingerprint density at radius 3 is 2.15 bits per heavy atom. The fraction of sp³-hybridized carbons (Fsp3) is 0. The van der Waals surface area contributed by atoms with Crippen molar-refractivity contribution in [2.24, 2.45) is 0 Å². The Bertz CT molecular complexity index is 874. The Morgan fingerprint density at radius 2 is 1.55 bits per heavy atom. The van der Waals surface area contributed by atoms with E-state index in [-0.39, 0.29) is 11.4 Å². The molecular formula is C15H7N5. The summed E-state index contributed by atoms with van der Waals surface area (Å²) in [4.78, 5) is 0. The molecule has 0 unspecified atom stereocenters. The van der Waals surface area contributed by atoms with Crippen LogP contribution in [0.15, 0.2) is 42.6 Å². The van der Waals surface area contributed by atoms with Crippen LogP contribution in [0.3, 0.4) is 0 Å². The Labute approximate surface area is 114 Å². The van der Waals surface area contributed by atoms with Crippen LogP contribution in [0.1, 0.15) is 11.4 Å². The van der Waals surface area contributed by atoms with E-state index in [1.54, 1.807) is 16.7 Å². The maximum Gasteiger partial charge on any atom is 0.191 e. The molecule has 0 saturated carbocycles. The van der Waals surface area contributed by atoms with Crippen molar-refractivity contribution in [1.82, 2.24) is 8.97 Å². The summed E-state index contributed by atoms with van der Waals surface area (Å²) >= 11 is 0. The predicted octanol–water partition coefficient (Wildman–Crippen LogP) is 2.48. The normalized spacial score (nSPS) is 9.85. The molecule has 0 amide bonds. The van der Waals surface area contributed by atoms with Gasteiger partial charge in [0.1, 0.15) is 17.8 Å². The lowest BCUT2D eigenvalue weighted by Crippen LogP contribution is -1.92. The molecule has 0 N–H and O–H groups in total. The molecule has 0 spiro atoms. The molecule has 0 aliphatic carbocycles. The maximum atomic E-state index is 9.19. The average molecular weight is 257 g/mol. The zero-order valence-electron chi connectivity index (χ0n) is 10.3. The van der Waals surface area contributed by atoms with Gasteiger partial charge in [0.2, 0.25) is 0 Å². The van der Waals surface area contributed by atoms with Gasteiger partial charge in [-0.2, -0.15) is 15.8 Å². The smallest absolute Gasteiger partial charge is 0.191 e. The monoisotopic (exact) mass is 257 g/mol. The van der Waals surface area contributed by atoms with Gasteiger partial charge in [0, 0.05) is 11.8 Å². The number of nitrogens with zero attached hydrogens (tertiary/aromatic N) is 5. The van der Waals surface area contributed by atoms with E-state index in [2.05, 4.69) is 0 Å². The van der Waals surface area contributed by atoms with Gasteiger partial charge in [-0.15, -0.1) is 0 Å². The quantitative estimate of drug-likeness (QED) is 0.671. The summed E-state index contributed by atoms with van der Waals surface area (Å²) in [5.41, 5.74) is 2.63. The molecule has 2 aromatic heterocycles. The Morgan fingerprint density at radius 1 is 0.850 bits per heavy atom. The second kappa shape index (κ2) is 4.31. The molecule has 0 aliphatic rings. The molecule has 3 aromatic rings. The van der Waals surface area contributed by atoms with E-state index >= 15 is 0 Å². The second-order valence-electron chi connectivity index (χ2n) is 4.18. The van der Waals surface area contributed by atoms with E-state index in [0.717, 1.165) is 11.1 Å². The van der Waals surface area contributed by atoms with Gasteiger partial charge in [0.25, 0.3) is 0 Å². The number of hydrogen-bond donors (Lipinski definition) is 0. The van der Waals surface area contributed by atoms with Crippen LogP contribution >= 0.6 is 0 Å². The average Bonchev–Trinajstić information content (AvgIpc) is 3.03. The second-order valence-corrected chi connectivity index (χ2v) is 4.18. The van der Waals surface area contributed by atoms with Crippen LogP contribution < -0.4 is 0 Å². The first kappa shape index (κ1) is 11.6. The molecule has 0 saturated heterocycles. The minimum absolute atomic E-state index is 0.0598. The Hall–Kier alpha value is -3.49. The van der Waals surface area contributed by atoms with Gasteiger partial charge in [-0.1, -0.05) is 30.3 Å². The van der Waals surface area contributed by atoms with Crippen molar-refractivity contribution in [2.75, 3.05) is 0 Å². The summed E-state index contributed by atoms with van der Waals surface area (Å²) in [6, 6.07) is 15.3. The third kappa shape index (κ3) is 1.47.